The maximum absolute atomic E-state index is 13.1. The zero-order valence-electron chi connectivity index (χ0n) is 17.5. The molecule has 0 radical (unpaired) electrons. The number of thioether (sulfide) groups is 1. The van der Waals surface area contributed by atoms with Crippen molar-refractivity contribution in [2.45, 2.75) is 72.1 Å². The second-order valence-electron chi connectivity index (χ2n) is 7.11. The smallest absolute Gasteiger partial charge is 0.340 e. The SMILES string of the molecule is CCOC(=O)C(C)SC(=S)N(NC1C(C)CCCC1C)C(=O)N(CC)CC. The second kappa shape index (κ2) is 11.9. The van der Waals surface area contributed by atoms with Gasteiger partial charge < -0.3 is 9.64 Å². The van der Waals surface area contributed by atoms with Crippen LogP contribution in [0.4, 0.5) is 4.79 Å². The molecule has 1 N–H and O–H groups in total. The van der Waals surface area contributed by atoms with Gasteiger partial charge in [-0.2, -0.15) is 0 Å². The average molecular weight is 418 g/mol. The first-order chi connectivity index (χ1) is 12.8. The average Bonchev–Trinajstić information content (AvgIpc) is 2.62. The van der Waals surface area contributed by atoms with E-state index in [9.17, 15) is 9.59 Å². The van der Waals surface area contributed by atoms with Crippen molar-refractivity contribution in [2.75, 3.05) is 19.7 Å². The molecule has 1 fully saturated rings. The monoisotopic (exact) mass is 417 g/mol. The number of nitrogens with one attached hydrogen (secondary N) is 1. The molecule has 0 aromatic heterocycles. The fraction of sp³-hybridized carbons (Fsp3) is 0.842. The van der Waals surface area contributed by atoms with Gasteiger partial charge >= 0.3 is 12.0 Å². The summed E-state index contributed by atoms with van der Waals surface area (Å²) in [6.45, 7) is 13.4. The van der Waals surface area contributed by atoms with Crippen molar-refractivity contribution in [1.29, 1.82) is 0 Å². The largest absolute Gasteiger partial charge is 0.465 e. The minimum absolute atomic E-state index is 0.168. The maximum Gasteiger partial charge on any atom is 0.340 e. The Balaban J connectivity index is 2.97. The Labute approximate surface area is 173 Å². The fourth-order valence-electron chi connectivity index (χ4n) is 3.42. The van der Waals surface area contributed by atoms with Gasteiger partial charge in [-0.25, -0.2) is 15.2 Å². The predicted molar refractivity (Wildman–Crippen MR) is 116 cm³/mol. The van der Waals surface area contributed by atoms with Crippen molar-refractivity contribution in [3.63, 3.8) is 0 Å². The third-order valence-electron chi connectivity index (χ3n) is 5.13. The van der Waals surface area contributed by atoms with E-state index < -0.39 is 5.25 Å². The highest BCUT2D eigenvalue weighted by atomic mass is 32.2. The lowest BCUT2D eigenvalue weighted by atomic mass is 9.79. The first kappa shape index (κ1) is 24.2. The van der Waals surface area contributed by atoms with Gasteiger partial charge in [-0.1, -0.05) is 44.2 Å². The minimum atomic E-state index is -0.465. The van der Waals surface area contributed by atoms with Crippen LogP contribution in [0, 0.1) is 11.8 Å². The first-order valence-corrected chi connectivity index (χ1v) is 11.3. The van der Waals surface area contributed by atoms with E-state index in [4.69, 9.17) is 17.0 Å². The number of rotatable bonds is 7. The van der Waals surface area contributed by atoms with Gasteiger partial charge in [-0.05, 0) is 52.4 Å². The molecule has 0 spiro atoms. The van der Waals surface area contributed by atoms with Crippen LogP contribution in [0.3, 0.4) is 0 Å². The summed E-state index contributed by atoms with van der Waals surface area (Å²) in [6.07, 6.45) is 3.48. The van der Waals surface area contributed by atoms with Gasteiger partial charge in [0.1, 0.15) is 5.25 Å². The van der Waals surface area contributed by atoms with E-state index in [-0.39, 0.29) is 18.0 Å². The van der Waals surface area contributed by atoms with Crippen molar-refractivity contribution >= 4 is 40.3 Å². The van der Waals surface area contributed by atoms with Crippen molar-refractivity contribution in [2.24, 2.45) is 11.8 Å². The van der Waals surface area contributed by atoms with Gasteiger partial charge in [-0.3, -0.25) is 4.79 Å². The number of hydrazine groups is 1. The molecule has 27 heavy (non-hydrogen) atoms. The van der Waals surface area contributed by atoms with Gasteiger partial charge in [-0.15, -0.1) is 0 Å². The summed E-state index contributed by atoms with van der Waals surface area (Å²) in [7, 11) is 0. The van der Waals surface area contributed by atoms with Crippen LogP contribution in [-0.4, -0.2) is 57.2 Å². The molecule has 1 aliphatic rings. The molecule has 0 saturated heterocycles. The Hall–Kier alpha value is -0.860. The van der Waals surface area contributed by atoms with Crippen molar-refractivity contribution in [1.82, 2.24) is 15.3 Å². The standard InChI is InChI=1S/C19H35N3O3S2/c1-7-21(8-2)18(24)22(19(26)27-15(6)17(23)25-9-3)20-16-13(4)11-10-12-14(16)5/h13-16,20H,7-12H2,1-6H3. The zero-order chi connectivity index (χ0) is 20.6. The van der Waals surface area contributed by atoms with Crippen LogP contribution in [0.25, 0.3) is 0 Å². The third kappa shape index (κ3) is 6.91. The van der Waals surface area contributed by atoms with Crippen LogP contribution in [-0.2, 0) is 9.53 Å². The van der Waals surface area contributed by atoms with Crippen LogP contribution < -0.4 is 5.43 Å². The molecule has 1 saturated carbocycles. The van der Waals surface area contributed by atoms with E-state index in [0.717, 1.165) is 12.8 Å². The molecule has 3 unspecified atom stereocenters. The molecule has 156 valence electrons. The first-order valence-electron chi connectivity index (χ1n) is 9.99. The van der Waals surface area contributed by atoms with Crippen molar-refractivity contribution in [3.05, 3.63) is 0 Å². The number of hydrogen-bond acceptors (Lipinski definition) is 6. The lowest BCUT2D eigenvalue weighted by Crippen LogP contribution is -2.58. The Morgan fingerprint density at radius 1 is 1.19 bits per heavy atom. The van der Waals surface area contributed by atoms with Crippen LogP contribution in [0.15, 0.2) is 0 Å². The highest BCUT2D eigenvalue weighted by Crippen LogP contribution is 2.30. The van der Waals surface area contributed by atoms with E-state index in [2.05, 4.69) is 19.3 Å². The number of thiocarbonyl (C=S) groups is 1. The van der Waals surface area contributed by atoms with Crippen molar-refractivity contribution < 1.29 is 14.3 Å². The number of carbonyl (C=O) groups excluding carboxylic acids is 2. The molecule has 0 heterocycles. The number of hydrogen-bond donors (Lipinski definition) is 1. The quantitative estimate of drug-likeness (QED) is 0.383. The van der Waals surface area contributed by atoms with E-state index >= 15 is 0 Å². The van der Waals surface area contributed by atoms with Gasteiger partial charge in [0.25, 0.3) is 0 Å². The number of ether oxygens (including phenoxy) is 1. The Morgan fingerprint density at radius 3 is 2.22 bits per heavy atom. The van der Waals surface area contributed by atoms with E-state index in [0.29, 0.717) is 35.9 Å². The fourth-order valence-corrected chi connectivity index (χ4v) is 4.69. The highest BCUT2D eigenvalue weighted by molar-refractivity contribution is 8.23. The lowest BCUT2D eigenvalue weighted by molar-refractivity contribution is -0.142. The summed E-state index contributed by atoms with van der Waals surface area (Å²) in [5, 5.41) is 1.01. The summed E-state index contributed by atoms with van der Waals surface area (Å²) >= 11 is 6.75. The highest BCUT2D eigenvalue weighted by Gasteiger charge is 2.34. The van der Waals surface area contributed by atoms with E-state index in [1.807, 2.05) is 13.8 Å². The van der Waals surface area contributed by atoms with Gasteiger partial charge in [0.05, 0.1) is 6.61 Å². The molecule has 1 rings (SSSR count). The molecule has 0 aromatic carbocycles. The van der Waals surface area contributed by atoms with Crippen LogP contribution in [0.1, 0.15) is 60.8 Å². The summed E-state index contributed by atoms with van der Waals surface area (Å²) < 4.78 is 5.42. The molecule has 0 aromatic rings. The summed E-state index contributed by atoms with van der Waals surface area (Å²) in [6, 6.07) is 0.00763. The van der Waals surface area contributed by atoms with Gasteiger partial charge in [0.15, 0.2) is 4.32 Å². The Kier molecular flexibility index (Phi) is 10.6. The molecular formula is C19H35N3O3S2. The Morgan fingerprint density at radius 2 is 1.74 bits per heavy atom. The van der Waals surface area contributed by atoms with Crippen molar-refractivity contribution in [3.8, 4) is 0 Å². The topological polar surface area (TPSA) is 61.9 Å². The molecule has 3 atom stereocenters. The number of nitrogens with zero attached hydrogens (tertiary/aromatic N) is 2. The van der Waals surface area contributed by atoms with Crippen LogP contribution in [0.2, 0.25) is 0 Å². The normalized spacial score (nSPS) is 23.4. The third-order valence-corrected chi connectivity index (χ3v) is 6.53. The van der Waals surface area contributed by atoms with E-state index in [1.54, 1.807) is 18.7 Å². The lowest BCUT2D eigenvalue weighted by Gasteiger charge is -2.40. The van der Waals surface area contributed by atoms with Crippen LogP contribution in [0.5, 0.6) is 0 Å². The van der Waals surface area contributed by atoms with Crippen LogP contribution >= 0.6 is 24.0 Å². The maximum atomic E-state index is 13.1. The molecule has 8 heteroatoms. The summed E-state index contributed by atoms with van der Waals surface area (Å²) in [5.41, 5.74) is 3.41. The number of amides is 2. The molecule has 2 amide bonds. The molecular weight excluding hydrogens is 382 g/mol. The molecule has 1 aliphatic carbocycles. The van der Waals surface area contributed by atoms with E-state index in [1.165, 1.54) is 23.2 Å². The molecule has 6 nitrogen and oxygen atoms in total. The summed E-state index contributed by atoms with van der Waals surface area (Å²) in [5.74, 6) is 0.589. The number of esters is 1. The zero-order valence-corrected chi connectivity index (χ0v) is 19.1. The summed E-state index contributed by atoms with van der Waals surface area (Å²) in [4.78, 5) is 26.8. The molecule has 0 aliphatic heterocycles. The minimum Gasteiger partial charge on any atom is -0.465 e. The number of carbonyl (C=O) groups is 2. The number of urea groups is 1. The molecule has 0 bridgehead atoms. The Bertz CT molecular complexity index is 504. The van der Waals surface area contributed by atoms with Gasteiger partial charge in [0, 0.05) is 19.1 Å². The second-order valence-corrected chi connectivity index (χ2v) is 9.08. The van der Waals surface area contributed by atoms with Gasteiger partial charge in [0.2, 0.25) is 0 Å². The predicted octanol–water partition coefficient (Wildman–Crippen LogP) is 4.05.